The van der Waals surface area contributed by atoms with Crippen molar-refractivity contribution in [1.82, 2.24) is 19.8 Å². The average Bonchev–Trinajstić information content (AvgIpc) is 3.90. The average molecular weight is 1050 g/mol. The SMILES string of the molecule is COc1ccc(CN(Cc2ccc(OC)cc2)c2cc(C)c(C(F)(F)F)c(-c3c(F)c4c5c(c3Cl)NCN=C5N([C@@H]3CCCc5ccnc(NCc6ccccc6)c53)C=C(OC[C@@]35CCCN3C[C@H](F)C5)O4)n2)cc1. The highest BCUT2D eigenvalue weighted by Gasteiger charge is 2.50. The molecule has 0 saturated carbocycles. The predicted octanol–water partition coefficient (Wildman–Crippen LogP) is 12.4. The van der Waals surface area contributed by atoms with Crippen LogP contribution < -0.4 is 29.7 Å². The van der Waals surface area contributed by atoms with Crippen molar-refractivity contribution < 1.29 is 40.9 Å². The minimum Gasteiger partial charge on any atom is -0.497 e. The third-order valence-corrected chi connectivity index (χ3v) is 15.4. The lowest BCUT2D eigenvalue weighted by Crippen LogP contribution is -2.42. The lowest BCUT2D eigenvalue weighted by atomic mass is 9.86. The maximum atomic E-state index is 18.5. The number of pyridine rings is 2. The van der Waals surface area contributed by atoms with Crippen LogP contribution in [0.15, 0.2) is 114 Å². The number of hydrogen-bond acceptors (Lipinski definition) is 12. The standard InChI is InChI=1S/C57H56ClF5N8O4/c1-34-25-43(69(28-36-13-17-40(72-2)18-14-36)29-37-15-19-41(73-3)20-16-37)68-51(48(34)57(61,62)63)46-49(58)52-47-53(50(46)60)75-44(74-32-56-22-8-24-70(56)30-39(59)26-56)31-71(55(47)67-33-66-52)42-12-7-11-38-21-23-64-54(45(38)42)65-27-35-9-5-4-6-10-35/h4-6,9-10,13-21,23,25,31,39,42,66H,7-8,11-12,22,24,26-30,32-33H2,1-3H3,(H,64,65)/t39-,42-,56+/m1/s1. The van der Waals surface area contributed by atoms with E-state index in [1.807, 2.05) is 70.5 Å². The molecule has 0 unspecified atom stereocenters. The number of rotatable bonds is 15. The number of aliphatic imine (C=N–C) groups is 1. The Labute approximate surface area is 437 Å². The highest BCUT2D eigenvalue weighted by atomic mass is 35.5. The Morgan fingerprint density at radius 1 is 0.933 bits per heavy atom. The van der Waals surface area contributed by atoms with Crippen molar-refractivity contribution in [3.8, 4) is 28.5 Å². The third-order valence-electron chi connectivity index (χ3n) is 15.1. The van der Waals surface area contributed by atoms with E-state index < -0.39 is 52.3 Å². The van der Waals surface area contributed by atoms with Gasteiger partial charge in [0.2, 0.25) is 0 Å². The summed E-state index contributed by atoms with van der Waals surface area (Å²) in [6.45, 7) is 3.17. The van der Waals surface area contributed by atoms with Gasteiger partial charge in [-0.1, -0.05) is 66.2 Å². The number of fused-ring (bicyclic) bond motifs is 2. The molecule has 5 aliphatic rings. The molecule has 4 aliphatic heterocycles. The number of nitrogens with one attached hydrogen (secondary N) is 2. The second-order valence-electron chi connectivity index (χ2n) is 19.8. The fourth-order valence-corrected chi connectivity index (χ4v) is 11.8. The number of anilines is 3. The maximum Gasteiger partial charge on any atom is 0.418 e. The Bertz CT molecular complexity index is 3110. The first-order valence-electron chi connectivity index (χ1n) is 25.2. The van der Waals surface area contributed by atoms with Gasteiger partial charge < -0.3 is 39.4 Å². The van der Waals surface area contributed by atoms with Gasteiger partial charge in [0.1, 0.15) is 48.4 Å². The van der Waals surface area contributed by atoms with Gasteiger partial charge in [-0.3, -0.25) is 4.90 Å². The number of hydrogen-bond donors (Lipinski definition) is 2. The number of aromatic nitrogens is 2. The summed E-state index contributed by atoms with van der Waals surface area (Å²) in [7, 11) is 3.12. The van der Waals surface area contributed by atoms with E-state index in [4.69, 9.17) is 45.5 Å². The Kier molecular flexibility index (Phi) is 13.7. The van der Waals surface area contributed by atoms with Crippen molar-refractivity contribution in [3.63, 3.8) is 0 Å². The van der Waals surface area contributed by atoms with E-state index >= 15 is 22.0 Å². The summed E-state index contributed by atoms with van der Waals surface area (Å²) in [5.41, 5.74) is 1.52. The van der Waals surface area contributed by atoms with Crippen LogP contribution >= 0.6 is 11.6 Å². The van der Waals surface area contributed by atoms with Crippen LogP contribution in [0.5, 0.6) is 17.2 Å². The molecule has 3 atom stereocenters. The molecule has 12 nitrogen and oxygen atoms in total. The Balaban J connectivity index is 1.06. The van der Waals surface area contributed by atoms with Crippen LogP contribution in [0.25, 0.3) is 11.3 Å². The molecular weight excluding hydrogens is 991 g/mol. The molecule has 390 valence electrons. The molecule has 18 heteroatoms. The molecule has 6 aromatic rings. The van der Waals surface area contributed by atoms with E-state index in [0.717, 1.165) is 47.1 Å². The fourth-order valence-electron chi connectivity index (χ4n) is 11.5. The highest BCUT2D eigenvalue weighted by Crippen LogP contribution is 2.52. The smallest absolute Gasteiger partial charge is 0.418 e. The molecule has 11 rings (SSSR count). The first-order valence-corrected chi connectivity index (χ1v) is 25.6. The molecule has 0 spiro atoms. The highest BCUT2D eigenvalue weighted by molar-refractivity contribution is 6.37. The maximum absolute atomic E-state index is 18.5. The van der Waals surface area contributed by atoms with Crippen LogP contribution in [0.4, 0.5) is 39.3 Å². The topological polar surface area (TPSA) is 109 Å². The summed E-state index contributed by atoms with van der Waals surface area (Å²) in [6, 6.07) is 27.5. The van der Waals surface area contributed by atoms with Crippen LogP contribution in [0.1, 0.15) is 82.7 Å². The number of benzene rings is 4. The van der Waals surface area contributed by atoms with Gasteiger partial charge in [-0.25, -0.2) is 23.7 Å². The number of amidine groups is 1. The first kappa shape index (κ1) is 50.1. The van der Waals surface area contributed by atoms with Crippen molar-refractivity contribution in [2.75, 3.05) is 56.1 Å². The second-order valence-corrected chi connectivity index (χ2v) is 20.1. The molecular formula is C57H56ClF5N8O4. The van der Waals surface area contributed by atoms with E-state index in [0.29, 0.717) is 43.2 Å². The first-order chi connectivity index (χ1) is 36.3. The van der Waals surface area contributed by atoms with Gasteiger partial charge in [-0.05, 0) is 110 Å². The van der Waals surface area contributed by atoms with Crippen LogP contribution in [-0.2, 0) is 37.0 Å². The Morgan fingerprint density at radius 3 is 2.35 bits per heavy atom. The minimum atomic E-state index is -5.01. The zero-order chi connectivity index (χ0) is 52.0. The zero-order valence-corrected chi connectivity index (χ0v) is 42.5. The third kappa shape index (κ3) is 9.76. The summed E-state index contributed by atoms with van der Waals surface area (Å²) >= 11 is 7.37. The molecule has 75 heavy (non-hydrogen) atoms. The van der Waals surface area contributed by atoms with Gasteiger partial charge in [0, 0.05) is 44.4 Å². The molecule has 0 radical (unpaired) electrons. The molecule has 2 N–H and O–H groups in total. The lowest BCUT2D eigenvalue weighted by molar-refractivity contribution is -0.137. The molecule has 1 aliphatic carbocycles. The fraction of sp³-hybridized carbons (Fsp3) is 0.351. The molecule has 2 aromatic heterocycles. The van der Waals surface area contributed by atoms with Crippen molar-refractivity contribution in [2.24, 2.45) is 4.99 Å². The van der Waals surface area contributed by atoms with E-state index in [1.54, 1.807) is 50.9 Å². The molecule has 2 fully saturated rings. The monoisotopic (exact) mass is 1050 g/mol. The number of ether oxygens (including phenoxy) is 4. The quantitative estimate of drug-likeness (QED) is 0.0960. The molecule has 0 bridgehead atoms. The van der Waals surface area contributed by atoms with Crippen molar-refractivity contribution in [2.45, 2.75) is 89.0 Å². The minimum absolute atomic E-state index is 0.0218. The Hall–Kier alpha value is -7.11. The van der Waals surface area contributed by atoms with Gasteiger partial charge in [-0.15, -0.1) is 0 Å². The number of methoxy groups -OCH3 is 2. The molecule has 2 saturated heterocycles. The summed E-state index contributed by atoms with van der Waals surface area (Å²) < 4.78 is 105. The largest absolute Gasteiger partial charge is 0.497 e. The van der Waals surface area contributed by atoms with Crippen molar-refractivity contribution in [1.29, 1.82) is 0 Å². The van der Waals surface area contributed by atoms with Gasteiger partial charge in [0.05, 0.1) is 65.1 Å². The van der Waals surface area contributed by atoms with Gasteiger partial charge in [0.25, 0.3) is 0 Å². The lowest BCUT2D eigenvalue weighted by Gasteiger charge is -2.37. The van der Waals surface area contributed by atoms with Crippen LogP contribution in [0.2, 0.25) is 5.02 Å². The van der Waals surface area contributed by atoms with Crippen molar-refractivity contribution in [3.05, 3.63) is 165 Å². The summed E-state index contributed by atoms with van der Waals surface area (Å²) in [6.07, 6.45) is 1.32. The molecule has 4 aromatic carbocycles. The van der Waals surface area contributed by atoms with Gasteiger partial charge in [-0.2, -0.15) is 13.2 Å². The summed E-state index contributed by atoms with van der Waals surface area (Å²) in [5.74, 6) is 0.543. The van der Waals surface area contributed by atoms with E-state index in [2.05, 4.69) is 15.5 Å². The Morgan fingerprint density at radius 2 is 1.65 bits per heavy atom. The molecule has 6 heterocycles. The zero-order valence-electron chi connectivity index (χ0n) is 41.7. The van der Waals surface area contributed by atoms with Crippen LogP contribution in [0.3, 0.4) is 0 Å². The number of halogens is 6. The normalized spacial score (nSPS) is 19.9. The second kappa shape index (κ2) is 20.5. The van der Waals surface area contributed by atoms with E-state index in [1.165, 1.54) is 13.0 Å². The van der Waals surface area contributed by atoms with Crippen molar-refractivity contribution >= 4 is 34.8 Å². The number of aryl methyl sites for hydroxylation is 2. The van der Waals surface area contributed by atoms with E-state index in [9.17, 15) is 0 Å². The van der Waals surface area contributed by atoms with Gasteiger partial charge in [0.15, 0.2) is 11.6 Å². The number of alkyl halides is 4. The van der Waals surface area contributed by atoms with E-state index in [-0.39, 0.29) is 78.8 Å². The summed E-state index contributed by atoms with van der Waals surface area (Å²) in [4.78, 5) is 20.4. The van der Waals surface area contributed by atoms with Gasteiger partial charge >= 0.3 is 12.1 Å². The van der Waals surface area contributed by atoms with Crippen LogP contribution in [0, 0.1) is 12.7 Å². The predicted molar refractivity (Wildman–Crippen MR) is 279 cm³/mol. The van der Waals surface area contributed by atoms with Crippen LogP contribution in [-0.4, -0.2) is 77.9 Å². The molecule has 0 amide bonds. The summed E-state index contributed by atoms with van der Waals surface area (Å²) in [5, 5.41) is 6.40. The number of nitrogens with zero attached hydrogens (tertiary/aromatic N) is 6.